The zero-order valence-electron chi connectivity index (χ0n) is 34.5. The van der Waals surface area contributed by atoms with Gasteiger partial charge in [0.1, 0.15) is 6.10 Å². The Hall–Kier alpha value is -2.55. The van der Waals surface area contributed by atoms with Crippen molar-refractivity contribution in [3.05, 3.63) is 53.9 Å². The minimum absolute atomic E-state index is 0.0512. The third kappa shape index (κ3) is 14.1. The average Bonchev–Trinajstić information content (AvgIpc) is 3.15. The molecule has 3 aliphatic rings. The molecule has 11 atom stereocenters. The summed E-state index contributed by atoms with van der Waals surface area (Å²) in [6.07, 6.45) is 11.1. The number of carbonyl (C=O) groups is 2. The van der Waals surface area contributed by atoms with Crippen LogP contribution in [0.1, 0.15) is 84.6 Å². The lowest BCUT2D eigenvalue weighted by molar-refractivity contribution is -0.281. The molecule has 4 rings (SSSR count). The van der Waals surface area contributed by atoms with Gasteiger partial charge in [-0.15, -0.1) is 0 Å². The number of esters is 1. The van der Waals surface area contributed by atoms with Crippen LogP contribution in [0.5, 0.6) is 0 Å². The van der Waals surface area contributed by atoms with E-state index in [9.17, 15) is 24.9 Å². The predicted molar refractivity (Wildman–Crippen MR) is 213 cm³/mol. The number of aliphatic hydroxyl groups is 3. The monoisotopic (exact) mass is 771 g/mol. The van der Waals surface area contributed by atoms with E-state index in [0.29, 0.717) is 19.3 Å². The summed E-state index contributed by atoms with van der Waals surface area (Å²) in [7, 11) is 5.74. The lowest BCUT2D eigenvalue weighted by atomic mass is 9.80. The van der Waals surface area contributed by atoms with Gasteiger partial charge in [0.15, 0.2) is 12.1 Å². The van der Waals surface area contributed by atoms with Crippen molar-refractivity contribution in [1.82, 2.24) is 19.7 Å². The van der Waals surface area contributed by atoms with Gasteiger partial charge in [-0.25, -0.2) is 0 Å². The van der Waals surface area contributed by atoms with Gasteiger partial charge in [-0.2, -0.15) is 0 Å². The molecule has 3 aliphatic heterocycles. The quantitative estimate of drug-likeness (QED) is 0.262. The Morgan fingerprint density at radius 2 is 1.76 bits per heavy atom. The van der Waals surface area contributed by atoms with E-state index < -0.39 is 42.7 Å². The Labute approximate surface area is 329 Å². The molecule has 12 heteroatoms. The van der Waals surface area contributed by atoms with Crippen LogP contribution in [0, 0.1) is 23.7 Å². The molecule has 12 nitrogen and oxygen atoms in total. The highest BCUT2D eigenvalue weighted by Crippen LogP contribution is 2.31. The van der Waals surface area contributed by atoms with Gasteiger partial charge in [0, 0.05) is 43.4 Å². The van der Waals surface area contributed by atoms with Gasteiger partial charge in [-0.05, 0) is 116 Å². The minimum atomic E-state index is -1.05. The van der Waals surface area contributed by atoms with E-state index >= 15 is 0 Å². The summed E-state index contributed by atoms with van der Waals surface area (Å²) in [6.45, 7) is 11.8. The molecule has 1 unspecified atom stereocenters. The molecule has 0 bridgehead atoms. The fourth-order valence-electron chi connectivity index (χ4n) is 8.49. The first-order chi connectivity index (χ1) is 26.2. The lowest BCUT2D eigenvalue weighted by Gasteiger charge is -2.44. The number of aliphatic hydroxyl groups excluding tert-OH is 3. The Morgan fingerprint density at radius 3 is 2.45 bits per heavy atom. The van der Waals surface area contributed by atoms with Gasteiger partial charge in [0.2, 0.25) is 0 Å². The number of pyridine rings is 1. The van der Waals surface area contributed by atoms with Crippen LogP contribution >= 0.6 is 0 Å². The number of ketones is 1. The second kappa shape index (κ2) is 22.4. The molecule has 1 aromatic heterocycles. The topological polar surface area (TPSA) is 145 Å². The number of carbonyl (C=O) groups excluding carboxylic acids is 2. The number of piperidine rings is 1. The van der Waals surface area contributed by atoms with Crippen molar-refractivity contribution in [3.63, 3.8) is 0 Å². The average molecular weight is 771 g/mol. The predicted octanol–water partition coefficient (Wildman–Crippen LogP) is 4.23. The Bertz CT molecular complexity index is 1370. The summed E-state index contributed by atoms with van der Waals surface area (Å²) in [5.41, 5.74) is 2.11. The zero-order chi connectivity index (χ0) is 40.1. The fourth-order valence-corrected chi connectivity index (χ4v) is 8.49. The first-order valence-electron chi connectivity index (χ1n) is 20.6. The molecular formula is C43H70N4O8. The highest BCUT2D eigenvalue weighted by molar-refractivity contribution is 5.91. The van der Waals surface area contributed by atoms with Gasteiger partial charge in [0.25, 0.3) is 0 Å². The molecule has 3 N–H and O–H groups in total. The molecule has 0 saturated carbocycles. The van der Waals surface area contributed by atoms with E-state index in [4.69, 9.17) is 14.2 Å². The van der Waals surface area contributed by atoms with Crippen molar-refractivity contribution in [1.29, 1.82) is 0 Å². The summed E-state index contributed by atoms with van der Waals surface area (Å²) < 4.78 is 17.8. The maximum absolute atomic E-state index is 13.3. The van der Waals surface area contributed by atoms with Gasteiger partial charge in [-0.3, -0.25) is 19.5 Å². The van der Waals surface area contributed by atoms with E-state index in [1.54, 1.807) is 38.2 Å². The maximum atomic E-state index is 13.3. The molecule has 0 spiro atoms. The van der Waals surface area contributed by atoms with Crippen molar-refractivity contribution in [3.8, 4) is 0 Å². The molecular weight excluding hydrogens is 700 g/mol. The van der Waals surface area contributed by atoms with E-state index in [2.05, 4.69) is 34.0 Å². The number of likely N-dealkylation sites (tertiary alicyclic amines) is 1. The van der Waals surface area contributed by atoms with Crippen LogP contribution in [-0.2, 0) is 30.3 Å². The first kappa shape index (κ1) is 45.2. The van der Waals surface area contributed by atoms with E-state index in [1.165, 1.54) is 19.3 Å². The van der Waals surface area contributed by atoms with Crippen molar-refractivity contribution in [2.45, 2.75) is 128 Å². The van der Waals surface area contributed by atoms with E-state index in [1.807, 2.05) is 39.1 Å². The molecule has 4 heterocycles. The smallest absolute Gasteiger partial charge is 0.308 e. The summed E-state index contributed by atoms with van der Waals surface area (Å²) in [6, 6.07) is 3.75. The highest BCUT2D eigenvalue weighted by atomic mass is 16.7. The number of likely N-dealkylation sites (N-methyl/N-ethyl adjacent to an activating group) is 2. The van der Waals surface area contributed by atoms with Crippen molar-refractivity contribution in [2.75, 3.05) is 54.0 Å². The van der Waals surface area contributed by atoms with Crippen molar-refractivity contribution in [2.24, 2.45) is 23.7 Å². The molecule has 0 amide bonds. The van der Waals surface area contributed by atoms with Crippen LogP contribution in [0.4, 0.5) is 0 Å². The Balaban J connectivity index is 1.46. The van der Waals surface area contributed by atoms with Crippen LogP contribution < -0.4 is 0 Å². The number of rotatable bonds is 12. The van der Waals surface area contributed by atoms with E-state index in [-0.39, 0.29) is 55.1 Å². The number of nitrogens with zero attached hydrogens (tertiary/aromatic N) is 4. The number of hydrogen-bond acceptors (Lipinski definition) is 12. The molecule has 1 aromatic rings. The summed E-state index contributed by atoms with van der Waals surface area (Å²) in [5.74, 6) is -1.05. The Morgan fingerprint density at radius 1 is 1.02 bits per heavy atom. The van der Waals surface area contributed by atoms with Crippen LogP contribution in [0.2, 0.25) is 0 Å². The number of cyclic esters (lactones) is 1. The second-order valence-electron chi connectivity index (χ2n) is 16.8. The number of aromatic nitrogens is 1. The molecule has 2 fully saturated rings. The van der Waals surface area contributed by atoms with E-state index in [0.717, 1.165) is 43.7 Å². The first-order valence-corrected chi connectivity index (χ1v) is 20.6. The highest BCUT2D eigenvalue weighted by Gasteiger charge is 2.44. The van der Waals surface area contributed by atoms with Crippen molar-refractivity contribution < 1.29 is 39.1 Å². The zero-order valence-corrected chi connectivity index (χ0v) is 34.5. The maximum Gasteiger partial charge on any atom is 0.308 e. The number of ether oxygens (including phenoxy) is 3. The minimum Gasteiger partial charge on any atom is -0.465 e. The van der Waals surface area contributed by atoms with Crippen molar-refractivity contribution >= 4 is 11.8 Å². The lowest BCUT2D eigenvalue weighted by Crippen LogP contribution is -2.62. The third-order valence-electron chi connectivity index (χ3n) is 12.0. The Kier molecular flexibility index (Phi) is 18.4. The number of hydrogen-bond donors (Lipinski definition) is 3. The normalized spacial score (nSPS) is 34.6. The van der Waals surface area contributed by atoms with Crippen LogP contribution in [0.15, 0.2) is 48.3 Å². The molecule has 0 aliphatic carbocycles. The third-order valence-corrected chi connectivity index (χ3v) is 12.0. The van der Waals surface area contributed by atoms with Crippen LogP contribution in [0.3, 0.4) is 0 Å². The van der Waals surface area contributed by atoms with Gasteiger partial charge >= 0.3 is 5.97 Å². The molecule has 0 radical (unpaired) electrons. The fraction of sp³-hybridized carbons (Fsp3) is 0.744. The van der Waals surface area contributed by atoms with Crippen LogP contribution in [0.25, 0.3) is 0 Å². The molecule has 55 heavy (non-hydrogen) atoms. The molecule has 310 valence electrons. The number of allylic oxidation sites excluding steroid dienone is 3. The van der Waals surface area contributed by atoms with Gasteiger partial charge < -0.3 is 39.3 Å². The van der Waals surface area contributed by atoms with Gasteiger partial charge in [0.05, 0.1) is 44.0 Å². The summed E-state index contributed by atoms with van der Waals surface area (Å²) in [5, 5.41) is 32.9. The largest absolute Gasteiger partial charge is 0.465 e. The van der Waals surface area contributed by atoms with Gasteiger partial charge in [-0.1, -0.05) is 44.1 Å². The van der Waals surface area contributed by atoms with Crippen LogP contribution in [-0.4, -0.2) is 144 Å². The standard InChI is InChI=1S/C43H70N4O8/c1-29-13-16-37(48)30(2)14-15-35(17-21-53-43-42(52)40(45(5)6)41(51)32(4)55-43)31(3)38(49)24-39(50)54-28-34(22-29)23-36(47-19-9-8-10-20-47)27-46(7)26-33-12-11-18-44-25-33/h11-13,16,18,22,25,30-32,34-36,38,40-43,49,51-52H,8-10,14-15,17,19-21,23-24,26-28H2,1-7H3/b16-13+,29-22+/t30-,31+,32-,34+,35+,36?,38-,40+,41-,42-,43-/m1/s1. The molecule has 2 saturated heterocycles. The molecule has 0 aromatic carbocycles. The summed E-state index contributed by atoms with van der Waals surface area (Å²) in [4.78, 5) is 37.7. The second-order valence-corrected chi connectivity index (χ2v) is 16.8. The SMILES string of the molecule is CC1=C\[C@@H](CC(CN(C)Cc2cccnc2)N2CCCCC2)COC(=O)C[C@@H](O)[C@@H](C)[C@H](CCO[C@@H]2O[C@H](C)[C@@H](O)[C@H](N(C)C)[C@H]2O)CC[C@@H](C)C(=O)\C=C\1. The summed E-state index contributed by atoms with van der Waals surface area (Å²) >= 11 is 0.